The average Bonchev–Trinajstić information content (AvgIpc) is 2.91. The molecule has 0 bridgehead atoms. The van der Waals surface area contributed by atoms with Crippen LogP contribution < -0.4 is 4.74 Å². The van der Waals surface area contributed by atoms with Gasteiger partial charge < -0.3 is 4.74 Å². The Morgan fingerprint density at radius 3 is 1.93 bits per heavy atom. The van der Waals surface area contributed by atoms with Gasteiger partial charge in [0.05, 0.1) is 5.56 Å². The summed E-state index contributed by atoms with van der Waals surface area (Å²) < 4.78 is 5.62. The molecule has 6 heteroatoms. The third kappa shape index (κ3) is 11.5. The van der Waals surface area contributed by atoms with Crippen molar-refractivity contribution in [3.63, 3.8) is 0 Å². The molecule has 0 atom stereocenters. The van der Waals surface area contributed by atoms with Crippen LogP contribution >= 0.6 is 0 Å². The van der Waals surface area contributed by atoms with Crippen LogP contribution in [0.25, 0.3) is 11.4 Å². The van der Waals surface area contributed by atoms with Crippen LogP contribution in [0.15, 0.2) is 60.9 Å². The summed E-state index contributed by atoms with van der Waals surface area (Å²) in [6.07, 6.45) is 14.7. The summed E-state index contributed by atoms with van der Waals surface area (Å²) in [4.78, 5) is 21.8. The maximum atomic E-state index is 12.7. The largest absolute Gasteiger partial charge is 0.423 e. The van der Waals surface area contributed by atoms with Crippen LogP contribution in [0.4, 0.5) is 0 Å². The number of benzene rings is 2. The number of rotatable bonds is 16. The number of carbonyl (C=O) groups excluding carboxylic acids is 1. The van der Waals surface area contributed by atoms with E-state index in [0.717, 1.165) is 18.4 Å². The lowest BCUT2D eigenvalue weighted by molar-refractivity contribution is 0.0734. The van der Waals surface area contributed by atoms with E-state index >= 15 is 0 Å². The number of hydrogen-bond donors (Lipinski definition) is 0. The second-order valence-electron chi connectivity index (χ2n) is 13.3. The molecule has 1 aromatic heterocycles. The minimum Gasteiger partial charge on any atom is -0.423 e. The fraction of sp³-hybridized carbons (Fsp3) is 0.500. The first-order chi connectivity index (χ1) is 19.0. The predicted octanol–water partition coefficient (Wildman–Crippen LogP) is 9.78. The second-order valence-corrected chi connectivity index (χ2v) is 24.7. The SMILES string of the molecule is CCCCCCc1cnc(-c2ccc(OC(=O)c3ccc(CCCCC[Si](C)(C)C[Si](C)(C)C)cc3)cc2)nc1. The third-order valence-electron chi connectivity index (χ3n) is 7.36. The Hall–Kier alpha value is -2.58. The monoisotopic (exact) mass is 574 g/mol. The lowest BCUT2D eigenvalue weighted by Crippen LogP contribution is -2.37. The maximum absolute atomic E-state index is 12.7. The Balaban J connectivity index is 1.42. The van der Waals surface area contributed by atoms with Gasteiger partial charge in [0.15, 0.2) is 5.82 Å². The summed E-state index contributed by atoms with van der Waals surface area (Å²) in [6, 6.07) is 16.7. The molecule has 0 aliphatic rings. The minimum absolute atomic E-state index is 0.336. The Morgan fingerprint density at radius 1 is 0.725 bits per heavy atom. The Morgan fingerprint density at radius 2 is 1.32 bits per heavy atom. The van der Waals surface area contributed by atoms with Gasteiger partial charge in [0.1, 0.15) is 5.75 Å². The van der Waals surface area contributed by atoms with Crippen molar-refractivity contribution in [3.8, 4) is 17.1 Å². The highest BCUT2D eigenvalue weighted by Gasteiger charge is 2.27. The summed E-state index contributed by atoms with van der Waals surface area (Å²) in [5.41, 5.74) is 5.47. The van der Waals surface area contributed by atoms with Gasteiger partial charge in [-0.15, -0.1) is 0 Å². The number of hydrogen-bond acceptors (Lipinski definition) is 4. The molecule has 3 aromatic rings. The van der Waals surface area contributed by atoms with Gasteiger partial charge in [-0.1, -0.05) is 95.6 Å². The summed E-state index contributed by atoms with van der Waals surface area (Å²) in [7, 11) is -2.00. The van der Waals surface area contributed by atoms with Gasteiger partial charge in [-0.2, -0.15) is 0 Å². The van der Waals surface area contributed by atoms with Crippen LogP contribution in [0.2, 0.25) is 44.4 Å². The highest BCUT2D eigenvalue weighted by molar-refractivity contribution is 6.94. The molecule has 0 amide bonds. The summed E-state index contributed by atoms with van der Waals surface area (Å²) in [5.74, 6) is 0.867. The van der Waals surface area contributed by atoms with E-state index in [1.54, 1.807) is 12.1 Å². The van der Waals surface area contributed by atoms with Crippen molar-refractivity contribution in [1.82, 2.24) is 9.97 Å². The lowest BCUT2D eigenvalue weighted by atomic mass is 10.1. The molecule has 0 N–H and O–H groups in total. The van der Waals surface area contributed by atoms with Crippen molar-refractivity contribution in [2.75, 3.05) is 0 Å². The molecule has 0 spiro atoms. The lowest BCUT2D eigenvalue weighted by Gasteiger charge is -2.29. The summed E-state index contributed by atoms with van der Waals surface area (Å²) >= 11 is 0. The van der Waals surface area contributed by atoms with Crippen molar-refractivity contribution < 1.29 is 9.53 Å². The van der Waals surface area contributed by atoms with Crippen molar-refractivity contribution >= 4 is 22.1 Å². The smallest absolute Gasteiger partial charge is 0.343 e. The summed E-state index contributed by atoms with van der Waals surface area (Å²) in [6.45, 7) is 14.9. The van der Waals surface area contributed by atoms with E-state index in [1.165, 1.54) is 67.8 Å². The molecule has 0 aliphatic carbocycles. The zero-order valence-electron chi connectivity index (χ0n) is 25.8. The van der Waals surface area contributed by atoms with Crippen molar-refractivity contribution in [2.45, 2.75) is 109 Å². The van der Waals surface area contributed by atoms with E-state index in [4.69, 9.17) is 4.74 Å². The first kappa shape index (κ1) is 31.9. The van der Waals surface area contributed by atoms with E-state index in [0.29, 0.717) is 17.1 Å². The first-order valence-electron chi connectivity index (χ1n) is 15.3. The molecule has 2 aromatic carbocycles. The first-order valence-corrected chi connectivity index (χ1v) is 22.4. The van der Waals surface area contributed by atoms with Gasteiger partial charge in [-0.3, -0.25) is 0 Å². The van der Waals surface area contributed by atoms with Crippen LogP contribution in [-0.4, -0.2) is 32.1 Å². The topological polar surface area (TPSA) is 52.1 Å². The molecule has 0 fully saturated rings. The van der Waals surface area contributed by atoms with Gasteiger partial charge in [0, 0.05) is 34.1 Å². The van der Waals surface area contributed by atoms with Gasteiger partial charge in [0.25, 0.3) is 0 Å². The van der Waals surface area contributed by atoms with E-state index in [1.807, 2.05) is 36.7 Å². The number of aromatic nitrogens is 2. The Kier molecular flexibility index (Phi) is 12.3. The molecule has 0 saturated heterocycles. The average molecular weight is 575 g/mol. The number of aryl methyl sites for hydroxylation is 2. The fourth-order valence-electron chi connectivity index (χ4n) is 5.67. The fourth-order valence-corrected chi connectivity index (χ4v) is 19.1. The standard InChI is InChI=1S/C34H50N2O2Si2/c1-7-8-9-11-15-29-25-35-33(36-26-29)30-20-22-32(23-21-30)38-34(37)31-18-16-28(17-19-31)14-12-10-13-24-40(5,6)27-39(2,3)4/h16-23,25-26H,7-15,24,27H2,1-6H3. The van der Waals surface area contributed by atoms with Crippen molar-refractivity contribution in [3.05, 3.63) is 77.6 Å². The summed E-state index contributed by atoms with van der Waals surface area (Å²) in [5, 5.41) is 0. The number of carbonyl (C=O) groups is 1. The second kappa shape index (κ2) is 15.4. The number of unbranched alkanes of at least 4 members (excludes halogenated alkanes) is 5. The zero-order chi connectivity index (χ0) is 29.0. The molecule has 40 heavy (non-hydrogen) atoms. The normalized spacial score (nSPS) is 11.9. The van der Waals surface area contributed by atoms with Crippen molar-refractivity contribution in [2.24, 2.45) is 0 Å². The van der Waals surface area contributed by atoms with Crippen LogP contribution in [0, 0.1) is 0 Å². The van der Waals surface area contributed by atoms with Gasteiger partial charge >= 0.3 is 5.97 Å². The molecule has 0 saturated carbocycles. The maximum Gasteiger partial charge on any atom is 0.343 e. The van der Waals surface area contributed by atoms with Crippen LogP contribution in [0.5, 0.6) is 5.75 Å². The van der Waals surface area contributed by atoms with Gasteiger partial charge in [0.2, 0.25) is 0 Å². The Bertz CT molecular complexity index is 1170. The van der Waals surface area contributed by atoms with Gasteiger partial charge in [-0.05, 0) is 73.2 Å². The van der Waals surface area contributed by atoms with E-state index < -0.39 is 16.1 Å². The third-order valence-corrected chi connectivity index (χ3v) is 17.1. The molecule has 1 heterocycles. The predicted molar refractivity (Wildman–Crippen MR) is 175 cm³/mol. The highest BCUT2D eigenvalue weighted by Crippen LogP contribution is 2.26. The Labute approximate surface area is 245 Å². The highest BCUT2D eigenvalue weighted by atomic mass is 28.4. The molecule has 0 radical (unpaired) electrons. The number of nitrogens with zero attached hydrogens (tertiary/aromatic N) is 2. The minimum atomic E-state index is -1.05. The molecule has 216 valence electrons. The number of ether oxygens (including phenoxy) is 1. The van der Waals surface area contributed by atoms with Gasteiger partial charge in [-0.25, -0.2) is 14.8 Å². The molecule has 4 nitrogen and oxygen atoms in total. The van der Waals surface area contributed by atoms with Crippen LogP contribution in [-0.2, 0) is 12.8 Å². The molecular formula is C34H50N2O2Si2. The zero-order valence-corrected chi connectivity index (χ0v) is 27.8. The van der Waals surface area contributed by atoms with E-state index in [9.17, 15) is 4.79 Å². The quantitative estimate of drug-likeness (QED) is 0.0739. The molecule has 3 rings (SSSR count). The van der Waals surface area contributed by atoms with Crippen molar-refractivity contribution in [1.29, 1.82) is 0 Å². The van der Waals surface area contributed by atoms with Crippen LogP contribution in [0.1, 0.15) is 73.4 Å². The molecule has 0 aliphatic heterocycles. The van der Waals surface area contributed by atoms with E-state index in [-0.39, 0.29) is 5.97 Å². The van der Waals surface area contributed by atoms with E-state index in [2.05, 4.69) is 61.8 Å². The van der Waals surface area contributed by atoms with Crippen LogP contribution in [0.3, 0.4) is 0 Å². The number of esters is 1. The molecule has 0 unspecified atom stereocenters. The molecular weight excluding hydrogens is 525 g/mol.